The van der Waals surface area contributed by atoms with Crippen molar-refractivity contribution < 1.29 is 4.68 Å². The maximum Gasteiger partial charge on any atom is 0.307 e. The second-order valence-electron chi connectivity index (χ2n) is 2.98. The molecule has 0 radical (unpaired) electrons. The van der Waals surface area contributed by atoms with E-state index in [9.17, 15) is 0 Å². The van der Waals surface area contributed by atoms with Gasteiger partial charge in [0.1, 0.15) is 0 Å². The summed E-state index contributed by atoms with van der Waals surface area (Å²) in [6.07, 6.45) is 3.26. The van der Waals surface area contributed by atoms with E-state index >= 15 is 0 Å². The van der Waals surface area contributed by atoms with Crippen LogP contribution in [0.5, 0.6) is 0 Å². The van der Waals surface area contributed by atoms with Crippen LogP contribution in [0.15, 0.2) is 35.3 Å². The lowest BCUT2D eigenvalue weighted by atomic mass is 10.3. The van der Waals surface area contributed by atoms with Gasteiger partial charge in [0.15, 0.2) is 0 Å². The lowest BCUT2D eigenvalue weighted by Gasteiger charge is -2.19. The molecule has 1 heterocycles. The van der Waals surface area contributed by atoms with Crippen molar-refractivity contribution in [2.45, 2.75) is 0 Å². The SMILES string of the molecule is N[N+]1=CN=CN(Nc2ccccc2)C1. The van der Waals surface area contributed by atoms with Crippen molar-refractivity contribution in [1.29, 1.82) is 0 Å². The minimum atomic E-state index is 0.568. The molecular formula is C9H12N5+. The Morgan fingerprint density at radius 2 is 2.14 bits per heavy atom. The van der Waals surface area contributed by atoms with E-state index in [1.807, 2.05) is 30.3 Å². The van der Waals surface area contributed by atoms with Gasteiger partial charge in [-0.3, -0.25) is 11.3 Å². The lowest BCUT2D eigenvalue weighted by Crippen LogP contribution is -2.41. The standard InChI is InChI=1S/C9H12N5/c10-13-6-11-7-14(8-13)12-9-4-2-1-3-5-9/h1-7,12H,8,10H2/q+1. The number of hydrazone groups is 1. The Balaban J connectivity index is 2.00. The molecule has 1 aliphatic rings. The number of nitrogens with one attached hydrogen (secondary N) is 1. The van der Waals surface area contributed by atoms with Gasteiger partial charge < -0.3 is 0 Å². The minimum Gasteiger partial charge on any atom is -0.292 e. The van der Waals surface area contributed by atoms with Gasteiger partial charge in [-0.1, -0.05) is 18.2 Å². The van der Waals surface area contributed by atoms with Gasteiger partial charge in [-0.2, -0.15) is 0 Å². The quantitative estimate of drug-likeness (QED) is 0.518. The molecule has 0 aromatic heterocycles. The third kappa shape index (κ3) is 2.01. The minimum absolute atomic E-state index is 0.568. The van der Waals surface area contributed by atoms with Crippen LogP contribution in [-0.4, -0.2) is 29.0 Å². The summed E-state index contributed by atoms with van der Waals surface area (Å²) in [7, 11) is 0. The molecule has 3 N–H and O–H groups in total. The zero-order chi connectivity index (χ0) is 9.80. The molecule has 0 unspecified atom stereocenters. The fourth-order valence-corrected chi connectivity index (χ4v) is 1.19. The molecule has 0 saturated carbocycles. The molecule has 5 heteroatoms. The maximum absolute atomic E-state index is 5.56. The summed E-state index contributed by atoms with van der Waals surface area (Å²) in [5, 5.41) is 1.80. The Hall–Kier alpha value is -2.04. The Labute approximate surface area is 82.1 Å². The molecule has 0 saturated heterocycles. The highest BCUT2D eigenvalue weighted by Gasteiger charge is 2.09. The highest BCUT2D eigenvalue weighted by atomic mass is 15.6. The summed E-state index contributed by atoms with van der Waals surface area (Å²) in [5.74, 6) is 5.56. The number of hydrogen-bond donors (Lipinski definition) is 2. The van der Waals surface area contributed by atoms with E-state index < -0.39 is 0 Å². The van der Waals surface area contributed by atoms with Crippen molar-refractivity contribution in [2.24, 2.45) is 10.8 Å². The van der Waals surface area contributed by atoms with E-state index in [-0.39, 0.29) is 0 Å². The number of anilines is 1. The largest absolute Gasteiger partial charge is 0.307 e. The smallest absolute Gasteiger partial charge is 0.292 e. The van der Waals surface area contributed by atoms with Crippen LogP contribution in [0.1, 0.15) is 0 Å². The van der Waals surface area contributed by atoms with E-state index in [0.717, 1.165) is 5.69 Å². The summed E-state index contributed by atoms with van der Waals surface area (Å²) >= 11 is 0. The van der Waals surface area contributed by atoms with E-state index in [0.29, 0.717) is 6.67 Å². The maximum atomic E-state index is 5.56. The fraction of sp³-hybridized carbons (Fsp3) is 0.111. The van der Waals surface area contributed by atoms with Crippen molar-refractivity contribution in [1.82, 2.24) is 5.01 Å². The number of nitrogens with two attached hydrogens (primary N) is 1. The van der Waals surface area contributed by atoms with Gasteiger partial charge in [0.2, 0.25) is 13.0 Å². The van der Waals surface area contributed by atoms with Crippen molar-refractivity contribution in [3.8, 4) is 0 Å². The normalized spacial score (nSPS) is 15.1. The van der Waals surface area contributed by atoms with E-state index in [2.05, 4.69) is 10.4 Å². The zero-order valence-electron chi connectivity index (χ0n) is 7.67. The summed E-state index contributed by atoms with van der Waals surface area (Å²) in [5.41, 5.74) is 4.16. The topological polar surface area (TPSA) is 56.7 Å². The first-order chi connectivity index (χ1) is 6.84. The molecule has 0 amide bonds. The summed E-state index contributed by atoms with van der Waals surface area (Å²) in [6.45, 7) is 0.568. The molecule has 2 rings (SSSR count). The molecule has 0 fully saturated rings. The highest BCUT2D eigenvalue weighted by Crippen LogP contribution is 2.05. The van der Waals surface area contributed by atoms with Crippen LogP contribution < -0.4 is 11.3 Å². The first-order valence-electron chi connectivity index (χ1n) is 4.31. The Bertz CT molecular complexity index is 357. The number of hydrazine groups is 2. The third-order valence-corrected chi connectivity index (χ3v) is 1.78. The van der Waals surface area contributed by atoms with Crippen molar-refractivity contribution in [2.75, 3.05) is 12.1 Å². The van der Waals surface area contributed by atoms with Crippen LogP contribution in [0, 0.1) is 0 Å². The molecule has 0 spiro atoms. The van der Waals surface area contributed by atoms with Crippen molar-refractivity contribution >= 4 is 18.4 Å². The van der Waals surface area contributed by atoms with E-state index in [1.165, 1.54) is 4.68 Å². The molecule has 0 atom stereocenters. The molecule has 1 aromatic rings. The summed E-state index contributed by atoms with van der Waals surface area (Å²) < 4.78 is 1.50. The third-order valence-electron chi connectivity index (χ3n) is 1.78. The Kier molecular flexibility index (Phi) is 2.31. The van der Waals surface area contributed by atoms with Gasteiger partial charge in [0, 0.05) is 0 Å². The van der Waals surface area contributed by atoms with Crippen LogP contribution in [-0.2, 0) is 0 Å². The molecule has 0 aliphatic carbocycles. The van der Waals surface area contributed by atoms with Gasteiger partial charge >= 0.3 is 6.34 Å². The van der Waals surface area contributed by atoms with Gasteiger partial charge in [0.25, 0.3) is 0 Å². The average molecular weight is 190 g/mol. The summed E-state index contributed by atoms with van der Waals surface area (Å²) in [4.78, 5) is 3.95. The predicted molar refractivity (Wildman–Crippen MR) is 55.8 cm³/mol. The van der Waals surface area contributed by atoms with Crippen molar-refractivity contribution in [3.05, 3.63) is 30.3 Å². The van der Waals surface area contributed by atoms with Crippen LogP contribution in [0.4, 0.5) is 5.69 Å². The van der Waals surface area contributed by atoms with Crippen LogP contribution >= 0.6 is 0 Å². The molecule has 72 valence electrons. The molecular weight excluding hydrogens is 178 g/mol. The Morgan fingerprint density at radius 3 is 2.86 bits per heavy atom. The monoisotopic (exact) mass is 190 g/mol. The number of aliphatic imine (C=N–C) groups is 1. The average Bonchev–Trinajstić information content (AvgIpc) is 2.19. The predicted octanol–water partition coefficient (Wildman–Crippen LogP) is 0.229. The van der Waals surface area contributed by atoms with E-state index in [1.54, 1.807) is 17.7 Å². The molecule has 14 heavy (non-hydrogen) atoms. The van der Waals surface area contributed by atoms with Crippen LogP contribution in [0.2, 0.25) is 0 Å². The van der Waals surface area contributed by atoms with Gasteiger partial charge in [-0.15, -0.1) is 4.68 Å². The zero-order valence-corrected chi connectivity index (χ0v) is 7.67. The van der Waals surface area contributed by atoms with Gasteiger partial charge in [-0.05, 0) is 17.1 Å². The number of para-hydroxylation sites is 1. The van der Waals surface area contributed by atoms with Gasteiger partial charge in [0.05, 0.1) is 5.69 Å². The fourth-order valence-electron chi connectivity index (χ4n) is 1.19. The lowest BCUT2D eigenvalue weighted by molar-refractivity contribution is -0.552. The molecule has 0 bridgehead atoms. The van der Waals surface area contributed by atoms with Crippen LogP contribution in [0.3, 0.4) is 0 Å². The number of rotatable bonds is 2. The van der Waals surface area contributed by atoms with E-state index in [4.69, 9.17) is 5.84 Å². The first kappa shape index (κ1) is 8.55. The van der Waals surface area contributed by atoms with Crippen LogP contribution in [0.25, 0.3) is 0 Å². The van der Waals surface area contributed by atoms with Gasteiger partial charge in [-0.25, -0.2) is 5.01 Å². The molecule has 1 aromatic carbocycles. The first-order valence-corrected chi connectivity index (χ1v) is 4.31. The van der Waals surface area contributed by atoms with Crippen molar-refractivity contribution in [3.63, 3.8) is 0 Å². The Morgan fingerprint density at radius 1 is 1.36 bits per heavy atom. The second-order valence-corrected chi connectivity index (χ2v) is 2.98. The molecule has 1 aliphatic heterocycles. The highest BCUT2D eigenvalue weighted by molar-refractivity contribution is 5.70. The second kappa shape index (κ2) is 3.78. The molecule has 5 nitrogen and oxygen atoms in total. The summed E-state index contributed by atoms with van der Waals surface area (Å²) in [6, 6.07) is 9.87. The number of hydrogen-bond acceptors (Lipinski definition) is 4. The number of nitrogens with zero attached hydrogens (tertiary/aromatic N) is 3. The number of benzene rings is 1.